The largest absolute Gasteiger partial charge is 0.388 e. The van der Waals surface area contributed by atoms with Crippen molar-refractivity contribution in [3.8, 4) is 0 Å². The molecule has 0 saturated heterocycles. The van der Waals surface area contributed by atoms with Gasteiger partial charge in [0.1, 0.15) is 12.4 Å². The molecule has 0 fully saturated rings. The van der Waals surface area contributed by atoms with Crippen molar-refractivity contribution in [2.24, 2.45) is 0 Å². The second-order valence-corrected chi connectivity index (χ2v) is 5.37. The van der Waals surface area contributed by atoms with Gasteiger partial charge in [-0.05, 0) is 41.4 Å². The fraction of sp³-hybridized carbons (Fsp3) is 0.200. The van der Waals surface area contributed by atoms with Crippen LogP contribution < -0.4 is 5.32 Å². The van der Waals surface area contributed by atoms with Crippen molar-refractivity contribution in [3.05, 3.63) is 52.5 Å². The molecule has 2 heterocycles. The second kappa shape index (κ2) is 5.56. The summed E-state index contributed by atoms with van der Waals surface area (Å²) in [5, 5.41) is 17.8. The van der Waals surface area contributed by atoms with E-state index in [0.717, 1.165) is 16.7 Å². The van der Waals surface area contributed by atoms with E-state index in [1.54, 1.807) is 11.3 Å². The molecule has 1 atom stereocenters. The Morgan fingerprint density at radius 3 is 2.85 bits per heavy atom. The molecule has 5 heteroatoms. The Hall–Kier alpha value is -1.98. The standard InChI is InChI=1S/C15H15N3OS/c1-10(11-6-7-20-9-11)16-15-12-4-2-3-5-13(12)17-14(8-19)18-15/h2-7,9-10,19H,8H2,1H3,(H,16,17,18)/t10-/m0/s1. The SMILES string of the molecule is C[C@H](Nc1nc(CO)nc2ccccc12)c1ccsc1. The number of fused-ring (bicyclic) bond motifs is 1. The zero-order valence-electron chi connectivity index (χ0n) is 11.1. The highest BCUT2D eigenvalue weighted by atomic mass is 32.1. The lowest BCUT2D eigenvalue weighted by Crippen LogP contribution is -2.09. The van der Waals surface area contributed by atoms with Gasteiger partial charge >= 0.3 is 0 Å². The number of hydrogen-bond acceptors (Lipinski definition) is 5. The predicted molar refractivity (Wildman–Crippen MR) is 81.8 cm³/mol. The zero-order valence-corrected chi connectivity index (χ0v) is 11.9. The van der Waals surface area contributed by atoms with Gasteiger partial charge in [-0.25, -0.2) is 9.97 Å². The van der Waals surface area contributed by atoms with E-state index < -0.39 is 0 Å². The number of nitrogens with zero attached hydrogens (tertiary/aromatic N) is 2. The number of para-hydroxylation sites is 1. The van der Waals surface area contributed by atoms with Gasteiger partial charge in [-0.2, -0.15) is 11.3 Å². The van der Waals surface area contributed by atoms with Gasteiger partial charge < -0.3 is 10.4 Å². The van der Waals surface area contributed by atoms with E-state index in [4.69, 9.17) is 0 Å². The molecular formula is C15H15N3OS. The smallest absolute Gasteiger partial charge is 0.156 e. The van der Waals surface area contributed by atoms with Crippen LogP contribution in [0, 0.1) is 0 Å². The van der Waals surface area contributed by atoms with Crippen LogP contribution in [0.5, 0.6) is 0 Å². The molecule has 0 bridgehead atoms. The van der Waals surface area contributed by atoms with E-state index in [2.05, 4.69) is 39.0 Å². The van der Waals surface area contributed by atoms with E-state index in [1.165, 1.54) is 5.56 Å². The van der Waals surface area contributed by atoms with E-state index in [1.807, 2.05) is 24.3 Å². The van der Waals surface area contributed by atoms with Crippen LogP contribution in [-0.2, 0) is 6.61 Å². The average Bonchev–Trinajstić information content (AvgIpc) is 3.01. The Kier molecular flexibility index (Phi) is 3.62. The number of aliphatic hydroxyl groups excluding tert-OH is 1. The van der Waals surface area contributed by atoms with Crippen LogP contribution in [0.1, 0.15) is 24.4 Å². The molecule has 4 nitrogen and oxygen atoms in total. The first-order chi connectivity index (χ1) is 9.78. The summed E-state index contributed by atoms with van der Waals surface area (Å²) >= 11 is 1.68. The number of benzene rings is 1. The topological polar surface area (TPSA) is 58.0 Å². The quantitative estimate of drug-likeness (QED) is 0.771. The average molecular weight is 285 g/mol. The highest BCUT2D eigenvalue weighted by molar-refractivity contribution is 7.08. The van der Waals surface area contributed by atoms with Crippen LogP contribution in [0.4, 0.5) is 5.82 Å². The molecular weight excluding hydrogens is 270 g/mol. The summed E-state index contributed by atoms with van der Waals surface area (Å²) in [6, 6.07) is 10.1. The van der Waals surface area contributed by atoms with Gasteiger partial charge in [0.05, 0.1) is 11.6 Å². The van der Waals surface area contributed by atoms with Crippen LogP contribution >= 0.6 is 11.3 Å². The molecule has 0 aliphatic carbocycles. The number of aromatic nitrogens is 2. The number of hydrogen-bond donors (Lipinski definition) is 2. The van der Waals surface area contributed by atoms with Crippen molar-refractivity contribution in [1.82, 2.24) is 9.97 Å². The molecule has 3 rings (SSSR count). The summed E-state index contributed by atoms with van der Waals surface area (Å²) in [6.45, 7) is 1.93. The number of anilines is 1. The molecule has 0 amide bonds. The van der Waals surface area contributed by atoms with Crippen molar-refractivity contribution >= 4 is 28.1 Å². The van der Waals surface area contributed by atoms with E-state index in [9.17, 15) is 5.11 Å². The van der Waals surface area contributed by atoms with Gasteiger partial charge in [-0.3, -0.25) is 0 Å². The van der Waals surface area contributed by atoms with Gasteiger partial charge in [0.2, 0.25) is 0 Å². The molecule has 0 spiro atoms. The Morgan fingerprint density at radius 2 is 2.10 bits per heavy atom. The van der Waals surface area contributed by atoms with Crippen molar-refractivity contribution in [2.75, 3.05) is 5.32 Å². The van der Waals surface area contributed by atoms with Gasteiger partial charge in [0, 0.05) is 5.39 Å². The first-order valence-electron chi connectivity index (χ1n) is 6.43. The fourth-order valence-electron chi connectivity index (χ4n) is 2.12. The zero-order chi connectivity index (χ0) is 13.9. The van der Waals surface area contributed by atoms with Gasteiger partial charge in [-0.1, -0.05) is 12.1 Å². The van der Waals surface area contributed by atoms with Crippen LogP contribution in [0.15, 0.2) is 41.1 Å². The van der Waals surface area contributed by atoms with Crippen LogP contribution in [-0.4, -0.2) is 15.1 Å². The molecule has 102 valence electrons. The summed E-state index contributed by atoms with van der Waals surface area (Å²) in [5.74, 6) is 1.20. The van der Waals surface area contributed by atoms with Crippen LogP contribution in [0.2, 0.25) is 0 Å². The van der Waals surface area contributed by atoms with Gasteiger partial charge in [0.25, 0.3) is 0 Å². The predicted octanol–water partition coefficient (Wildman–Crippen LogP) is 3.36. The normalized spacial score (nSPS) is 12.5. The number of rotatable bonds is 4. The van der Waals surface area contributed by atoms with Gasteiger partial charge in [0.15, 0.2) is 5.82 Å². The molecule has 20 heavy (non-hydrogen) atoms. The Morgan fingerprint density at radius 1 is 1.25 bits per heavy atom. The Bertz CT molecular complexity index is 712. The molecule has 2 N–H and O–H groups in total. The van der Waals surface area contributed by atoms with Crippen molar-refractivity contribution < 1.29 is 5.11 Å². The minimum Gasteiger partial charge on any atom is -0.388 e. The second-order valence-electron chi connectivity index (χ2n) is 4.59. The van der Waals surface area contributed by atoms with Crippen LogP contribution in [0.3, 0.4) is 0 Å². The molecule has 0 radical (unpaired) electrons. The third-order valence-corrected chi connectivity index (χ3v) is 3.89. The molecule has 0 aliphatic rings. The summed E-state index contributed by atoms with van der Waals surface area (Å²) in [7, 11) is 0. The monoisotopic (exact) mass is 285 g/mol. The highest BCUT2D eigenvalue weighted by Crippen LogP contribution is 2.25. The third-order valence-electron chi connectivity index (χ3n) is 3.19. The van der Waals surface area contributed by atoms with Crippen molar-refractivity contribution in [2.45, 2.75) is 19.6 Å². The summed E-state index contributed by atoms with van der Waals surface area (Å²) in [6.07, 6.45) is 0. The first-order valence-corrected chi connectivity index (χ1v) is 7.37. The number of thiophene rings is 1. The van der Waals surface area contributed by atoms with Crippen molar-refractivity contribution in [1.29, 1.82) is 0 Å². The van der Waals surface area contributed by atoms with E-state index in [-0.39, 0.29) is 12.6 Å². The third kappa shape index (κ3) is 2.50. The summed E-state index contributed by atoms with van der Waals surface area (Å²) < 4.78 is 0. The van der Waals surface area contributed by atoms with Crippen molar-refractivity contribution in [3.63, 3.8) is 0 Å². The minimum absolute atomic E-state index is 0.158. The fourth-order valence-corrected chi connectivity index (χ4v) is 2.87. The maximum absolute atomic E-state index is 9.29. The van der Waals surface area contributed by atoms with E-state index in [0.29, 0.717) is 5.82 Å². The van der Waals surface area contributed by atoms with Gasteiger partial charge in [-0.15, -0.1) is 0 Å². The molecule has 2 aromatic heterocycles. The number of nitrogens with one attached hydrogen (secondary N) is 1. The Labute approximate surface area is 121 Å². The molecule has 0 unspecified atom stereocenters. The maximum atomic E-state index is 9.29. The van der Waals surface area contributed by atoms with Crippen LogP contribution in [0.25, 0.3) is 10.9 Å². The minimum atomic E-state index is -0.160. The molecule has 0 saturated carbocycles. The molecule has 1 aromatic carbocycles. The summed E-state index contributed by atoms with van der Waals surface area (Å²) in [4.78, 5) is 8.73. The summed E-state index contributed by atoms with van der Waals surface area (Å²) in [5.41, 5.74) is 2.06. The lowest BCUT2D eigenvalue weighted by molar-refractivity contribution is 0.272. The Balaban J connectivity index is 2.01. The lowest BCUT2D eigenvalue weighted by atomic mass is 10.1. The maximum Gasteiger partial charge on any atom is 0.156 e. The van der Waals surface area contributed by atoms with E-state index >= 15 is 0 Å². The lowest BCUT2D eigenvalue weighted by Gasteiger charge is -2.15. The molecule has 0 aliphatic heterocycles. The first kappa shape index (κ1) is 13.0. The highest BCUT2D eigenvalue weighted by Gasteiger charge is 2.11. The molecule has 3 aromatic rings. The number of aliphatic hydroxyl groups is 1.